The van der Waals surface area contributed by atoms with E-state index in [1.165, 1.54) is 0 Å². The number of hydrogen-bond donors (Lipinski definition) is 0. The predicted molar refractivity (Wildman–Crippen MR) is 82.9 cm³/mol. The van der Waals surface area contributed by atoms with Crippen LogP contribution in [0.4, 0.5) is 0 Å². The maximum atomic E-state index is 9.13. The summed E-state index contributed by atoms with van der Waals surface area (Å²) in [7, 11) is 1.62. The Morgan fingerprint density at radius 1 is 1.09 bits per heavy atom. The molecule has 1 aromatic carbocycles. The lowest BCUT2D eigenvalue weighted by atomic mass is 10.1. The third kappa shape index (κ3) is 3.96. The molecular formula is C17H18N2O3. The minimum absolute atomic E-state index is 0.329. The van der Waals surface area contributed by atoms with Gasteiger partial charge in [0, 0.05) is 12.2 Å². The Morgan fingerprint density at radius 3 is 2.50 bits per heavy atom. The van der Waals surface area contributed by atoms with E-state index in [-0.39, 0.29) is 0 Å². The van der Waals surface area contributed by atoms with Crippen molar-refractivity contribution in [2.45, 2.75) is 6.92 Å². The maximum Gasteiger partial charge on any atom is 0.232 e. The van der Waals surface area contributed by atoms with Gasteiger partial charge in [0.25, 0.3) is 0 Å². The zero-order valence-electron chi connectivity index (χ0n) is 12.7. The summed E-state index contributed by atoms with van der Waals surface area (Å²) >= 11 is 0. The van der Waals surface area contributed by atoms with E-state index >= 15 is 0 Å². The molecule has 0 spiro atoms. The molecule has 5 heteroatoms. The van der Waals surface area contributed by atoms with Gasteiger partial charge in [-0.1, -0.05) is 0 Å². The highest BCUT2D eigenvalue weighted by molar-refractivity contribution is 5.62. The van der Waals surface area contributed by atoms with Crippen LogP contribution < -0.4 is 9.47 Å². The molecule has 2 rings (SSSR count). The van der Waals surface area contributed by atoms with Crippen LogP contribution in [0, 0.1) is 11.3 Å². The van der Waals surface area contributed by atoms with Crippen LogP contribution in [0.15, 0.2) is 36.4 Å². The van der Waals surface area contributed by atoms with Crippen molar-refractivity contribution in [2.75, 3.05) is 26.9 Å². The summed E-state index contributed by atoms with van der Waals surface area (Å²) in [5.41, 5.74) is 2.08. The first-order chi connectivity index (χ1) is 10.8. The van der Waals surface area contributed by atoms with Crippen LogP contribution in [-0.4, -0.2) is 31.9 Å². The van der Waals surface area contributed by atoms with Crippen molar-refractivity contribution in [1.82, 2.24) is 4.98 Å². The van der Waals surface area contributed by atoms with E-state index in [0.717, 1.165) is 17.0 Å². The van der Waals surface area contributed by atoms with E-state index in [4.69, 9.17) is 19.5 Å². The zero-order valence-corrected chi connectivity index (χ0v) is 12.7. The first kappa shape index (κ1) is 15.8. The second kappa shape index (κ2) is 8.01. The molecule has 0 unspecified atom stereocenters. The van der Waals surface area contributed by atoms with Crippen LogP contribution in [0.5, 0.6) is 11.6 Å². The van der Waals surface area contributed by atoms with Crippen molar-refractivity contribution >= 4 is 0 Å². The predicted octanol–water partition coefficient (Wildman–Crippen LogP) is 3.04. The third-order valence-corrected chi connectivity index (χ3v) is 3.04. The van der Waals surface area contributed by atoms with Crippen LogP contribution in [-0.2, 0) is 4.74 Å². The Bertz CT molecular complexity index is 648. The second-order valence-corrected chi connectivity index (χ2v) is 4.43. The number of nitrogens with zero attached hydrogens (tertiary/aromatic N) is 2. The van der Waals surface area contributed by atoms with E-state index in [9.17, 15) is 0 Å². The van der Waals surface area contributed by atoms with Gasteiger partial charge >= 0.3 is 0 Å². The molecule has 0 aliphatic heterocycles. The molecule has 0 radical (unpaired) electrons. The number of pyridine rings is 1. The summed E-state index contributed by atoms with van der Waals surface area (Å²) < 4.78 is 15.9. The van der Waals surface area contributed by atoms with Crippen LogP contribution in [0.3, 0.4) is 0 Å². The van der Waals surface area contributed by atoms with E-state index in [1.807, 2.05) is 31.2 Å². The fraction of sp³-hybridized carbons (Fsp3) is 0.294. The molecule has 1 aromatic heterocycles. The van der Waals surface area contributed by atoms with Crippen molar-refractivity contribution in [3.8, 4) is 29.0 Å². The molecule has 0 saturated carbocycles. The summed E-state index contributed by atoms with van der Waals surface area (Å²) in [6.45, 7) is 3.38. The molecule has 0 N–H and O–H groups in total. The topological polar surface area (TPSA) is 64.4 Å². The Labute approximate surface area is 130 Å². The van der Waals surface area contributed by atoms with Gasteiger partial charge in [0.15, 0.2) is 0 Å². The normalized spacial score (nSPS) is 10.0. The molecule has 0 amide bonds. The minimum atomic E-state index is 0.329. The van der Waals surface area contributed by atoms with Crippen molar-refractivity contribution < 1.29 is 14.2 Å². The number of nitriles is 1. The zero-order chi connectivity index (χ0) is 15.8. The highest BCUT2D eigenvalue weighted by Gasteiger charge is 2.08. The quantitative estimate of drug-likeness (QED) is 0.735. The highest BCUT2D eigenvalue weighted by Crippen LogP contribution is 2.24. The first-order valence-electron chi connectivity index (χ1n) is 7.04. The van der Waals surface area contributed by atoms with Crippen molar-refractivity contribution in [3.63, 3.8) is 0 Å². The summed E-state index contributed by atoms with van der Waals surface area (Å²) in [6, 6.07) is 13.2. The van der Waals surface area contributed by atoms with E-state index in [2.05, 4.69) is 11.1 Å². The summed E-state index contributed by atoms with van der Waals surface area (Å²) in [6.07, 6.45) is 0. The maximum absolute atomic E-state index is 9.13. The Hall–Kier alpha value is -2.58. The van der Waals surface area contributed by atoms with Gasteiger partial charge in [-0.15, -0.1) is 0 Å². The monoisotopic (exact) mass is 298 g/mol. The number of hydrogen-bond acceptors (Lipinski definition) is 5. The molecule has 0 bridgehead atoms. The van der Waals surface area contributed by atoms with E-state index in [1.54, 1.807) is 19.2 Å². The molecule has 1 heterocycles. The van der Waals surface area contributed by atoms with Gasteiger partial charge in [0.2, 0.25) is 5.88 Å². The standard InChI is InChI=1S/C17H18N2O3/c1-3-21-10-11-22-17-14(12-18)6-9-16(19-17)13-4-7-15(20-2)8-5-13/h4-9H,3,10-11H2,1-2H3. The SMILES string of the molecule is CCOCCOc1nc(-c2ccc(OC)cc2)ccc1C#N. The fourth-order valence-electron chi connectivity index (χ4n) is 1.90. The molecule has 2 aromatic rings. The number of rotatable bonds is 7. The molecule has 5 nitrogen and oxygen atoms in total. The lowest BCUT2D eigenvalue weighted by Crippen LogP contribution is -2.08. The second-order valence-electron chi connectivity index (χ2n) is 4.43. The highest BCUT2D eigenvalue weighted by atomic mass is 16.5. The minimum Gasteiger partial charge on any atom is -0.497 e. The molecule has 114 valence electrons. The van der Waals surface area contributed by atoms with Crippen LogP contribution in [0.1, 0.15) is 12.5 Å². The van der Waals surface area contributed by atoms with Crippen LogP contribution >= 0.6 is 0 Å². The Kier molecular flexibility index (Phi) is 5.75. The Balaban J connectivity index is 2.20. The number of methoxy groups -OCH3 is 1. The third-order valence-electron chi connectivity index (χ3n) is 3.04. The van der Waals surface area contributed by atoms with Gasteiger partial charge in [0.05, 0.1) is 19.4 Å². The van der Waals surface area contributed by atoms with E-state index < -0.39 is 0 Å². The van der Waals surface area contributed by atoms with E-state index in [0.29, 0.717) is 31.3 Å². The molecule has 0 aliphatic carbocycles. The van der Waals surface area contributed by atoms with Crippen LogP contribution in [0.2, 0.25) is 0 Å². The molecule has 0 fully saturated rings. The number of benzene rings is 1. The van der Waals surface area contributed by atoms with Crippen LogP contribution in [0.25, 0.3) is 11.3 Å². The Morgan fingerprint density at radius 2 is 1.86 bits per heavy atom. The lowest BCUT2D eigenvalue weighted by molar-refractivity contribution is 0.108. The van der Waals surface area contributed by atoms with Gasteiger partial charge in [0.1, 0.15) is 24.0 Å². The summed E-state index contributed by atoms with van der Waals surface area (Å²) in [5.74, 6) is 1.11. The number of aromatic nitrogens is 1. The molecule has 0 aliphatic rings. The van der Waals surface area contributed by atoms with Crippen molar-refractivity contribution in [2.24, 2.45) is 0 Å². The molecule has 22 heavy (non-hydrogen) atoms. The van der Waals surface area contributed by atoms with Gasteiger partial charge in [-0.2, -0.15) is 5.26 Å². The largest absolute Gasteiger partial charge is 0.497 e. The molecule has 0 saturated heterocycles. The van der Waals surface area contributed by atoms with Crippen molar-refractivity contribution in [1.29, 1.82) is 5.26 Å². The average Bonchev–Trinajstić information content (AvgIpc) is 2.58. The number of ether oxygens (including phenoxy) is 3. The van der Waals surface area contributed by atoms with Gasteiger partial charge in [-0.25, -0.2) is 4.98 Å². The summed E-state index contributed by atoms with van der Waals surface area (Å²) in [4.78, 5) is 4.43. The lowest BCUT2D eigenvalue weighted by Gasteiger charge is -2.09. The molecular weight excluding hydrogens is 280 g/mol. The fourth-order valence-corrected chi connectivity index (χ4v) is 1.90. The summed E-state index contributed by atoms with van der Waals surface area (Å²) in [5, 5.41) is 9.13. The van der Waals surface area contributed by atoms with Crippen molar-refractivity contribution in [3.05, 3.63) is 42.0 Å². The van der Waals surface area contributed by atoms with Gasteiger partial charge < -0.3 is 14.2 Å². The van der Waals surface area contributed by atoms with Gasteiger partial charge in [-0.05, 0) is 43.3 Å². The first-order valence-corrected chi connectivity index (χ1v) is 7.04. The smallest absolute Gasteiger partial charge is 0.232 e. The average molecular weight is 298 g/mol. The molecule has 0 atom stereocenters. The van der Waals surface area contributed by atoms with Gasteiger partial charge in [-0.3, -0.25) is 0 Å².